The monoisotopic (exact) mass is 435 g/mol. The molecule has 1 atom stereocenters. The Morgan fingerprint density at radius 2 is 1.94 bits per heavy atom. The molecule has 1 aromatic heterocycles. The third-order valence-electron chi connectivity index (χ3n) is 5.90. The summed E-state index contributed by atoms with van der Waals surface area (Å²) in [6.07, 6.45) is 0.633. The molecule has 8 nitrogen and oxygen atoms in total. The van der Waals surface area contributed by atoms with Gasteiger partial charge in [-0.3, -0.25) is 14.5 Å². The molecular formula is C24H29N5O3. The number of aromatic amines is 1. The smallest absolute Gasteiger partial charge is 0.234 e. The van der Waals surface area contributed by atoms with Crippen LogP contribution in [0.4, 0.5) is 0 Å². The molecule has 0 unspecified atom stereocenters. The minimum absolute atomic E-state index is 0.0415. The van der Waals surface area contributed by atoms with E-state index in [-0.39, 0.29) is 24.4 Å². The van der Waals surface area contributed by atoms with Gasteiger partial charge < -0.3 is 19.9 Å². The lowest BCUT2D eigenvalue weighted by Gasteiger charge is -2.41. The van der Waals surface area contributed by atoms with Gasteiger partial charge in [0.2, 0.25) is 11.8 Å². The highest BCUT2D eigenvalue weighted by Gasteiger charge is 2.32. The van der Waals surface area contributed by atoms with Gasteiger partial charge in [-0.15, -0.1) is 0 Å². The number of carbonyl (C=O) groups is 2. The zero-order chi connectivity index (χ0) is 22.5. The van der Waals surface area contributed by atoms with Crippen molar-refractivity contribution >= 4 is 22.8 Å². The Morgan fingerprint density at radius 1 is 1.16 bits per heavy atom. The second-order valence-corrected chi connectivity index (χ2v) is 7.99. The normalized spacial score (nSPS) is 16.8. The molecule has 4 rings (SSSR count). The highest BCUT2D eigenvalue weighted by Crippen LogP contribution is 2.32. The molecule has 0 bridgehead atoms. The van der Waals surface area contributed by atoms with E-state index in [2.05, 4.69) is 20.2 Å². The van der Waals surface area contributed by atoms with Crippen LogP contribution in [0.3, 0.4) is 0 Å². The van der Waals surface area contributed by atoms with E-state index in [1.165, 1.54) is 0 Å². The van der Waals surface area contributed by atoms with E-state index < -0.39 is 0 Å². The number of para-hydroxylation sites is 3. The Bertz CT molecular complexity index is 1060. The predicted octanol–water partition coefficient (Wildman–Crippen LogP) is 2.14. The number of benzene rings is 2. The van der Waals surface area contributed by atoms with Crippen LogP contribution in [-0.2, 0) is 16.0 Å². The van der Waals surface area contributed by atoms with Crippen LogP contribution in [0.25, 0.3) is 11.0 Å². The summed E-state index contributed by atoms with van der Waals surface area (Å²) in [5.41, 5.74) is 2.91. The number of hydrogen-bond donors (Lipinski definition) is 2. The number of aromatic nitrogens is 2. The van der Waals surface area contributed by atoms with Crippen LogP contribution in [0.1, 0.15) is 24.4 Å². The lowest BCUT2D eigenvalue weighted by Crippen LogP contribution is -2.52. The van der Waals surface area contributed by atoms with Crippen molar-refractivity contribution in [3.63, 3.8) is 0 Å². The van der Waals surface area contributed by atoms with E-state index >= 15 is 0 Å². The van der Waals surface area contributed by atoms with Crippen molar-refractivity contribution in [2.75, 3.05) is 39.8 Å². The van der Waals surface area contributed by atoms with Crippen molar-refractivity contribution in [1.29, 1.82) is 0 Å². The molecule has 168 valence electrons. The fourth-order valence-corrected chi connectivity index (χ4v) is 4.22. The third-order valence-corrected chi connectivity index (χ3v) is 5.90. The third kappa shape index (κ3) is 4.91. The lowest BCUT2D eigenvalue weighted by molar-refractivity contribution is -0.132. The Hall–Kier alpha value is -3.39. The first kappa shape index (κ1) is 21.8. The highest BCUT2D eigenvalue weighted by atomic mass is 16.5. The van der Waals surface area contributed by atoms with Crippen molar-refractivity contribution in [2.24, 2.45) is 0 Å². The molecule has 1 aliphatic heterocycles. The molecule has 0 spiro atoms. The SMILES string of the molecule is COc1ccccc1[C@H]1CN(C(C)=O)CCN1CC(=O)NCCc1nc2ccccc2[nH]1. The summed E-state index contributed by atoms with van der Waals surface area (Å²) in [6, 6.07) is 15.6. The minimum atomic E-state index is -0.107. The van der Waals surface area contributed by atoms with E-state index in [0.29, 0.717) is 32.6 Å². The number of H-pyrrole nitrogens is 1. The highest BCUT2D eigenvalue weighted by molar-refractivity contribution is 5.78. The number of imidazole rings is 1. The van der Waals surface area contributed by atoms with Gasteiger partial charge in [-0.1, -0.05) is 30.3 Å². The molecule has 1 fully saturated rings. The number of methoxy groups -OCH3 is 1. The summed E-state index contributed by atoms with van der Waals surface area (Å²) in [5, 5.41) is 3.00. The fourth-order valence-electron chi connectivity index (χ4n) is 4.22. The van der Waals surface area contributed by atoms with Gasteiger partial charge >= 0.3 is 0 Å². The fraction of sp³-hybridized carbons (Fsp3) is 0.375. The molecule has 0 aliphatic carbocycles. The van der Waals surface area contributed by atoms with E-state index in [0.717, 1.165) is 28.2 Å². The molecule has 2 N–H and O–H groups in total. The Kier molecular flexibility index (Phi) is 6.70. The summed E-state index contributed by atoms with van der Waals surface area (Å²) in [7, 11) is 1.64. The zero-order valence-corrected chi connectivity index (χ0v) is 18.5. The Balaban J connectivity index is 1.39. The summed E-state index contributed by atoms with van der Waals surface area (Å²) >= 11 is 0. The van der Waals surface area contributed by atoms with Crippen molar-refractivity contribution in [3.05, 3.63) is 59.9 Å². The molecule has 2 aromatic carbocycles. The maximum atomic E-state index is 12.7. The van der Waals surface area contributed by atoms with Crippen molar-refractivity contribution in [1.82, 2.24) is 25.1 Å². The summed E-state index contributed by atoms with van der Waals surface area (Å²) in [4.78, 5) is 36.5. The molecule has 8 heteroatoms. The van der Waals surface area contributed by atoms with Gasteiger partial charge in [0.15, 0.2) is 0 Å². The zero-order valence-electron chi connectivity index (χ0n) is 18.5. The number of ether oxygens (including phenoxy) is 1. The van der Waals surface area contributed by atoms with Gasteiger partial charge in [0.1, 0.15) is 11.6 Å². The number of nitrogens with one attached hydrogen (secondary N) is 2. The van der Waals surface area contributed by atoms with Crippen LogP contribution < -0.4 is 10.1 Å². The average Bonchev–Trinajstić information content (AvgIpc) is 3.22. The number of amides is 2. The van der Waals surface area contributed by atoms with Gasteiger partial charge in [-0.25, -0.2) is 4.98 Å². The van der Waals surface area contributed by atoms with Crippen LogP contribution in [0, 0.1) is 0 Å². The van der Waals surface area contributed by atoms with Crippen molar-refractivity contribution in [3.8, 4) is 5.75 Å². The molecular weight excluding hydrogens is 406 g/mol. The van der Waals surface area contributed by atoms with Crippen LogP contribution in [0.5, 0.6) is 5.75 Å². The van der Waals surface area contributed by atoms with E-state index in [1.54, 1.807) is 14.0 Å². The molecule has 32 heavy (non-hydrogen) atoms. The van der Waals surface area contributed by atoms with Crippen LogP contribution in [-0.4, -0.2) is 71.4 Å². The van der Waals surface area contributed by atoms with E-state index in [9.17, 15) is 9.59 Å². The molecule has 2 amide bonds. The van der Waals surface area contributed by atoms with Crippen molar-refractivity contribution < 1.29 is 14.3 Å². The van der Waals surface area contributed by atoms with Gasteiger partial charge in [0.05, 0.1) is 30.7 Å². The molecule has 2 heterocycles. The van der Waals surface area contributed by atoms with Gasteiger partial charge in [0.25, 0.3) is 0 Å². The minimum Gasteiger partial charge on any atom is -0.496 e. The number of hydrogen-bond acceptors (Lipinski definition) is 5. The first-order valence-corrected chi connectivity index (χ1v) is 10.9. The van der Waals surface area contributed by atoms with Gasteiger partial charge in [0, 0.05) is 45.1 Å². The predicted molar refractivity (Wildman–Crippen MR) is 122 cm³/mol. The molecule has 1 aliphatic rings. The first-order valence-electron chi connectivity index (χ1n) is 10.9. The van der Waals surface area contributed by atoms with Crippen LogP contribution in [0.2, 0.25) is 0 Å². The molecule has 0 saturated carbocycles. The summed E-state index contributed by atoms with van der Waals surface area (Å²) in [5.74, 6) is 1.61. The van der Waals surface area contributed by atoms with Crippen LogP contribution >= 0.6 is 0 Å². The largest absolute Gasteiger partial charge is 0.496 e. The molecule has 0 radical (unpaired) electrons. The van der Waals surface area contributed by atoms with E-state index in [4.69, 9.17) is 4.74 Å². The second kappa shape index (κ2) is 9.82. The van der Waals surface area contributed by atoms with Gasteiger partial charge in [-0.2, -0.15) is 0 Å². The number of piperazine rings is 1. The van der Waals surface area contributed by atoms with Crippen LogP contribution in [0.15, 0.2) is 48.5 Å². The quantitative estimate of drug-likeness (QED) is 0.593. The summed E-state index contributed by atoms with van der Waals surface area (Å²) < 4.78 is 5.55. The standard InChI is InChI=1S/C24H29N5O3/c1-17(30)28-13-14-29(21(15-28)18-7-3-6-10-22(18)32-2)16-24(31)25-12-11-23-26-19-8-4-5-9-20(19)27-23/h3-10,21H,11-16H2,1-2H3,(H,25,31)(H,26,27)/t21-/m1/s1. The maximum Gasteiger partial charge on any atom is 0.234 e. The number of carbonyl (C=O) groups excluding carboxylic acids is 2. The van der Waals surface area contributed by atoms with Crippen molar-refractivity contribution in [2.45, 2.75) is 19.4 Å². The number of nitrogens with zero attached hydrogens (tertiary/aromatic N) is 3. The Morgan fingerprint density at radius 3 is 2.72 bits per heavy atom. The summed E-state index contributed by atoms with van der Waals surface area (Å²) in [6.45, 7) is 4.11. The van der Waals surface area contributed by atoms with E-state index in [1.807, 2.05) is 53.4 Å². The maximum absolute atomic E-state index is 12.7. The molecule has 3 aromatic rings. The van der Waals surface area contributed by atoms with Gasteiger partial charge in [-0.05, 0) is 18.2 Å². The topological polar surface area (TPSA) is 90.6 Å². The second-order valence-electron chi connectivity index (χ2n) is 7.99. The Labute approximate surface area is 187 Å². The number of fused-ring (bicyclic) bond motifs is 1. The molecule has 1 saturated heterocycles. The number of rotatable bonds is 7. The average molecular weight is 436 g/mol. The lowest BCUT2D eigenvalue weighted by atomic mass is 10.0. The first-order chi connectivity index (χ1) is 15.5.